The minimum absolute atomic E-state index is 0.0424. The quantitative estimate of drug-likeness (QED) is 0.881. The number of methoxy groups -OCH3 is 1. The fraction of sp³-hybridized carbons (Fsp3) is 0.538. The summed E-state index contributed by atoms with van der Waals surface area (Å²) in [7, 11) is 1.40. The maximum Gasteiger partial charge on any atom is 0.172 e. The Hall–Kier alpha value is -0.850. The van der Waals surface area contributed by atoms with E-state index in [1.165, 1.54) is 13.2 Å². The van der Waals surface area contributed by atoms with Crippen molar-refractivity contribution in [1.29, 1.82) is 0 Å². The van der Waals surface area contributed by atoms with Crippen molar-refractivity contribution in [2.45, 2.75) is 6.42 Å². The minimum Gasteiger partial charge on any atom is -0.503 e. The van der Waals surface area contributed by atoms with Gasteiger partial charge in [0.2, 0.25) is 0 Å². The van der Waals surface area contributed by atoms with E-state index in [4.69, 9.17) is 4.74 Å². The lowest BCUT2D eigenvalue weighted by atomic mass is 10.1. The highest BCUT2D eigenvalue weighted by Gasteiger charge is 2.18. The van der Waals surface area contributed by atoms with Crippen LogP contribution in [0.4, 0.5) is 4.39 Å². The summed E-state index contributed by atoms with van der Waals surface area (Å²) in [5.74, 6) is -0.244. The zero-order valence-corrected chi connectivity index (χ0v) is 12.5. The molecule has 106 valence electrons. The van der Waals surface area contributed by atoms with Gasteiger partial charge in [0, 0.05) is 44.4 Å². The van der Waals surface area contributed by atoms with Crippen LogP contribution in [0.5, 0.6) is 11.5 Å². The molecule has 0 saturated carbocycles. The van der Waals surface area contributed by atoms with Crippen molar-refractivity contribution < 1.29 is 14.2 Å². The molecular formula is C13H18BrFN2O2. The topological polar surface area (TPSA) is 44.7 Å². The summed E-state index contributed by atoms with van der Waals surface area (Å²) in [6.45, 7) is 4.67. The molecule has 1 aromatic rings. The Labute approximate surface area is 120 Å². The van der Waals surface area contributed by atoms with Crippen LogP contribution in [-0.2, 0) is 6.42 Å². The second-order valence-corrected chi connectivity index (χ2v) is 5.34. The Morgan fingerprint density at radius 1 is 1.47 bits per heavy atom. The Morgan fingerprint density at radius 2 is 2.16 bits per heavy atom. The first-order chi connectivity index (χ1) is 9.13. The molecule has 0 bridgehead atoms. The summed E-state index contributed by atoms with van der Waals surface area (Å²) in [6.07, 6.45) is 0.559. The molecule has 1 aliphatic rings. The zero-order valence-electron chi connectivity index (χ0n) is 10.9. The van der Waals surface area contributed by atoms with Crippen LogP contribution >= 0.6 is 15.9 Å². The number of nitrogens with zero attached hydrogens (tertiary/aromatic N) is 1. The van der Waals surface area contributed by atoms with Gasteiger partial charge < -0.3 is 20.1 Å². The maximum atomic E-state index is 14.0. The van der Waals surface area contributed by atoms with E-state index in [0.717, 1.165) is 32.7 Å². The number of halogens is 2. The number of phenolic OH excluding ortho intramolecular Hbond substituents is 1. The van der Waals surface area contributed by atoms with Gasteiger partial charge in [-0.3, -0.25) is 0 Å². The third-order valence-corrected chi connectivity index (χ3v) is 4.21. The van der Waals surface area contributed by atoms with Crippen molar-refractivity contribution in [3.63, 3.8) is 0 Å². The third-order valence-electron chi connectivity index (χ3n) is 3.36. The van der Waals surface area contributed by atoms with E-state index >= 15 is 0 Å². The molecule has 1 saturated heterocycles. The molecule has 1 heterocycles. The second-order valence-electron chi connectivity index (χ2n) is 4.54. The molecule has 2 N–H and O–H groups in total. The predicted molar refractivity (Wildman–Crippen MR) is 75.3 cm³/mol. The molecule has 0 amide bonds. The number of hydrogen-bond acceptors (Lipinski definition) is 4. The first-order valence-corrected chi connectivity index (χ1v) is 7.09. The van der Waals surface area contributed by atoms with E-state index in [2.05, 4.69) is 26.1 Å². The summed E-state index contributed by atoms with van der Waals surface area (Å²) >= 11 is 3.25. The molecule has 4 nitrogen and oxygen atoms in total. The highest BCUT2D eigenvalue weighted by molar-refractivity contribution is 9.10. The number of ether oxygens (including phenoxy) is 1. The third kappa shape index (κ3) is 3.38. The molecule has 1 fully saturated rings. The summed E-state index contributed by atoms with van der Waals surface area (Å²) in [5, 5.41) is 13.2. The first-order valence-electron chi connectivity index (χ1n) is 6.30. The standard InChI is InChI=1S/C13H18BrFN2O2/c1-19-11-8-10(15)9(12(14)13(11)18)2-5-17-6-3-16-4-7-17/h8,16,18H,2-7H2,1H3. The highest BCUT2D eigenvalue weighted by Crippen LogP contribution is 2.38. The van der Waals surface area contributed by atoms with Gasteiger partial charge in [0.15, 0.2) is 11.5 Å². The Morgan fingerprint density at radius 3 is 2.79 bits per heavy atom. The van der Waals surface area contributed by atoms with Crippen molar-refractivity contribution in [2.75, 3.05) is 39.8 Å². The molecule has 6 heteroatoms. The van der Waals surface area contributed by atoms with Gasteiger partial charge in [0.05, 0.1) is 11.6 Å². The van der Waals surface area contributed by atoms with E-state index in [1.807, 2.05) is 0 Å². The molecular weight excluding hydrogens is 315 g/mol. The molecule has 0 aromatic heterocycles. The molecule has 0 radical (unpaired) electrons. The van der Waals surface area contributed by atoms with E-state index < -0.39 is 0 Å². The number of benzene rings is 1. The summed E-state index contributed by atoms with van der Waals surface area (Å²) in [4.78, 5) is 2.28. The molecule has 2 rings (SSSR count). The van der Waals surface area contributed by atoms with Gasteiger partial charge >= 0.3 is 0 Å². The van der Waals surface area contributed by atoms with Gasteiger partial charge in [-0.25, -0.2) is 4.39 Å². The van der Waals surface area contributed by atoms with Crippen molar-refractivity contribution in [1.82, 2.24) is 10.2 Å². The van der Waals surface area contributed by atoms with Crippen LogP contribution in [0.2, 0.25) is 0 Å². The average Bonchev–Trinajstić information content (AvgIpc) is 2.44. The van der Waals surface area contributed by atoms with E-state index in [-0.39, 0.29) is 17.3 Å². The lowest BCUT2D eigenvalue weighted by Crippen LogP contribution is -2.44. The number of piperazine rings is 1. The van der Waals surface area contributed by atoms with Crippen LogP contribution in [0.15, 0.2) is 10.5 Å². The van der Waals surface area contributed by atoms with Gasteiger partial charge in [-0.2, -0.15) is 0 Å². The van der Waals surface area contributed by atoms with Crippen LogP contribution in [0.3, 0.4) is 0 Å². The number of rotatable bonds is 4. The summed E-state index contributed by atoms with van der Waals surface area (Å²) < 4.78 is 19.3. The number of nitrogens with one attached hydrogen (secondary N) is 1. The van der Waals surface area contributed by atoms with E-state index in [9.17, 15) is 9.50 Å². The van der Waals surface area contributed by atoms with Crippen molar-refractivity contribution in [3.8, 4) is 11.5 Å². The summed E-state index contributed by atoms with van der Waals surface area (Å²) in [6, 6.07) is 1.23. The molecule has 1 aliphatic heterocycles. The predicted octanol–water partition coefficient (Wildman–Crippen LogP) is 1.75. The smallest absolute Gasteiger partial charge is 0.172 e. The second kappa shape index (κ2) is 6.54. The Bertz CT molecular complexity index is 451. The van der Waals surface area contributed by atoms with Crippen LogP contribution in [0.1, 0.15) is 5.56 Å². The van der Waals surface area contributed by atoms with Gasteiger partial charge in [-0.05, 0) is 22.4 Å². The molecule has 0 atom stereocenters. The molecule has 0 spiro atoms. The Balaban J connectivity index is 2.09. The van der Waals surface area contributed by atoms with Crippen molar-refractivity contribution in [3.05, 3.63) is 21.9 Å². The molecule has 0 aliphatic carbocycles. The summed E-state index contributed by atoms with van der Waals surface area (Å²) in [5.41, 5.74) is 0.497. The Kier molecular flexibility index (Phi) is 5.01. The van der Waals surface area contributed by atoms with Crippen molar-refractivity contribution >= 4 is 15.9 Å². The zero-order chi connectivity index (χ0) is 13.8. The minimum atomic E-state index is -0.350. The van der Waals surface area contributed by atoms with E-state index in [1.54, 1.807) is 0 Å². The van der Waals surface area contributed by atoms with Gasteiger partial charge in [-0.15, -0.1) is 0 Å². The average molecular weight is 333 g/mol. The lowest BCUT2D eigenvalue weighted by molar-refractivity contribution is 0.243. The lowest BCUT2D eigenvalue weighted by Gasteiger charge is -2.27. The fourth-order valence-electron chi connectivity index (χ4n) is 2.22. The SMILES string of the molecule is COc1cc(F)c(CCN2CCNCC2)c(Br)c1O. The fourth-order valence-corrected chi connectivity index (χ4v) is 2.80. The number of phenols is 1. The molecule has 1 aromatic carbocycles. The monoisotopic (exact) mass is 332 g/mol. The normalized spacial score (nSPS) is 16.6. The van der Waals surface area contributed by atoms with E-state index in [0.29, 0.717) is 16.5 Å². The van der Waals surface area contributed by atoms with Crippen molar-refractivity contribution in [2.24, 2.45) is 0 Å². The van der Waals surface area contributed by atoms with Gasteiger partial charge in [0.1, 0.15) is 5.82 Å². The van der Waals surface area contributed by atoms with Crippen LogP contribution in [0.25, 0.3) is 0 Å². The largest absolute Gasteiger partial charge is 0.503 e. The molecule has 19 heavy (non-hydrogen) atoms. The maximum absolute atomic E-state index is 14.0. The first kappa shape index (κ1) is 14.6. The van der Waals surface area contributed by atoms with Gasteiger partial charge in [0.25, 0.3) is 0 Å². The van der Waals surface area contributed by atoms with Crippen LogP contribution in [-0.4, -0.2) is 49.8 Å². The number of aromatic hydroxyl groups is 1. The van der Waals surface area contributed by atoms with Gasteiger partial charge in [-0.1, -0.05) is 0 Å². The highest BCUT2D eigenvalue weighted by atomic mass is 79.9. The van der Waals surface area contributed by atoms with Crippen LogP contribution in [0, 0.1) is 5.82 Å². The number of hydrogen-bond donors (Lipinski definition) is 2. The molecule has 0 unspecified atom stereocenters. The van der Waals surface area contributed by atoms with Crippen LogP contribution < -0.4 is 10.1 Å².